The summed E-state index contributed by atoms with van der Waals surface area (Å²) >= 11 is 16.1. The first-order valence-corrected chi connectivity index (χ1v) is 9.26. The standard InChI is InChI=1S/C15H14Cl2N2S2/c16-12-5-1-4-11(14(12)17)13(9-10-3-2-7-20-10)19-15-18-6-8-21-15/h1-5,7,13H,6,8-9H2,(H,18,19). The Morgan fingerprint density at radius 1 is 1.24 bits per heavy atom. The predicted molar refractivity (Wildman–Crippen MR) is 95.1 cm³/mol. The Bertz CT molecular complexity index is 641. The molecule has 0 saturated carbocycles. The molecule has 2 nitrogen and oxygen atoms in total. The van der Waals surface area contributed by atoms with Crippen LogP contribution >= 0.6 is 46.3 Å². The summed E-state index contributed by atoms with van der Waals surface area (Å²) in [7, 11) is 0. The van der Waals surface area contributed by atoms with Gasteiger partial charge in [0, 0.05) is 17.1 Å². The number of aliphatic imine (C=N–C) groups is 1. The smallest absolute Gasteiger partial charge is 0.157 e. The number of halogens is 2. The maximum atomic E-state index is 6.40. The van der Waals surface area contributed by atoms with Crippen LogP contribution in [0.1, 0.15) is 16.5 Å². The molecule has 1 unspecified atom stereocenters. The minimum atomic E-state index is 0.0826. The largest absolute Gasteiger partial charge is 0.358 e. The molecule has 0 aliphatic carbocycles. The fourth-order valence-corrected chi connectivity index (χ4v) is 4.21. The number of thiophene rings is 1. The number of rotatable bonds is 4. The first-order valence-electron chi connectivity index (χ1n) is 6.64. The van der Waals surface area contributed by atoms with E-state index < -0.39 is 0 Å². The molecule has 0 amide bonds. The summed E-state index contributed by atoms with van der Waals surface area (Å²) in [5.41, 5.74) is 1.02. The highest BCUT2D eigenvalue weighted by Gasteiger charge is 2.20. The molecule has 3 rings (SSSR count). The molecule has 1 aliphatic heterocycles. The topological polar surface area (TPSA) is 24.4 Å². The number of thioether (sulfide) groups is 1. The molecule has 1 aliphatic rings. The van der Waals surface area contributed by atoms with Gasteiger partial charge in [-0.3, -0.25) is 4.99 Å². The SMILES string of the molecule is Clc1cccc(C(Cc2cccs2)NC2=NCCS2)c1Cl. The highest BCUT2D eigenvalue weighted by molar-refractivity contribution is 8.14. The van der Waals surface area contributed by atoms with Gasteiger partial charge in [-0.25, -0.2) is 0 Å². The number of hydrogen-bond donors (Lipinski definition) is 1. The van der Waals surface area contributed by atoms with Crippen LogP contribution in [-0.4, -0.2) is 17.5 Å². The molecule has 6 heteroatoms. The molecule has 110 valence electrons. The van der Waals surface area contributed by atoms with Crippen LogP contribution < -0.4 is 5.32 Å². The van der Waals surface area contributed by atoms with Crippen LogP contribution in [-0.2, 0) is 6.42 Å². The molecule has 0 spiro atoms. The lowest BCUT2D eigenvalue weighted by atomic mass is 10.0. The first-order chi connectivity index (χ1) is 10.2. The maximum Gasteiger partial charge on any atom is 0.157 e. The molecule has 1 aromatic carbocycles. The molecule has 0 bridgehead atoms. The number of benzene rings is 1. The summed E-state index contributed by atoms with van der Waals surface area (Å²) < 4.78 is 0. The van der Waals surface area contributed by atoms with E-state index in [9.17, 15) is 0 Å². The average molecular weight is 357 g/mol. The third-order valence-corrected chi connectivity index (χ3v) is 5.86. The zero-order chi connectivity index (χ0) is 14.7. The molecule has 0 fully saturated rings. The normalized spacial score (nSPS) is 15.8. The Hall–Kier alpha value is -0.680. The summed E-state index contributed by atoms with van der Waals surface area (Å²) in [6.45, 7) is 0.877. The second kappa shape index (κ2) is 7.05. The highest BCUT2D eigenvalue weighted by Crippen LogP contribution is 2.33. The first kappa shape index (κ1) is 15.2. The van der Waals surface area contributed by atoms with Crippen LogP contribution in [0.2, 0.25) is 10.0 Å². The molecular formula is C15H14Cl2N2S2. The average Bonchev–Trinajstić information content (AvgIpc) is 3.15. The third kappa shape index (κ3) is 3.75. The summed E-state index contributed by atoms with van der Waals surface area (Å²) in [6.07, 6.45) is 0.872. The van der Waals surface area contributed by atoms with Crippen LogP contribution in [0.15, 0.2) is 40.7 Å². The molecule has 2 heterocycles. The van der Waals surface area contributed by atoms with E-state index in [2.05, 4.69) is 27.8 Å². The van der Waals surface area contributed by atoms with Gasteiger partial charge in [0.1, 0.15) is 0 Å². The van der Waals surface area contributed by atoms with Crippen molar-refractivity contribution in [1.82, 2.24) is 5.32 Å². The number of nitrogens with one attached hydrogen (secondary N) is 1. The highest BCUT2D eigenvalue weighted by atomic mass is 35.5. The Morgan fingerprint density at radius 2 is 2.14 bits per heavy atom. The van der Waals surface area contributed by atoms with E-state index in [0.717, 1.165) is 29.4 Å². The molecule has 0 saturated heterocycles. The van der Waals surface area contributed by atoms with Gasteiger partial charge in [0.25, 0.3) is 0 Å². The molecular weight excluding hydrogens is 343 g/mol. The van der Waals surface area contributed by atoms with Crippen molar-refractivity contribution in [1.29, 1.82) is 0 Å². The lowest BCUT2D eigenvalue weighted by Crippen LogP contribution is -2.27. The third-order valence-electron chi connectivity index (χ3n) is 3.23. The van der Waals surface area contributed by atoms with Gasteiger partial charge in [-0.2, -0.15) is 0 Å². The molecule has 1 atom stereocenters. The van der Waals surface area contributed by atoms with Crippen molar-refractivity contribution in [3.8, 4) is 0 Å². The van der Waals surface area contributed by atoms with E-state index in [1.807, 2.05) is 18.2 Å². The van der Waals surface area contributed by atoms with Gasteiger partial charge in [-0.15, -0.1) is 11.3 Å². The monoisotopic (exact) mass is 356 g/mol. The van der Waals surface area contributed by atoms with Gasteiger partial charge in [0.15, 0.2) is 5.17 Å². The quantitative estimate of drug-likeness (QED) is 0.830. The van der Waals surface area contributed by atoms with Gasteiger partial charge in [-0.1, -0.05) is 53.2 Å². The van der Waals surface area contributed by atoms with Crippen molar-refractivity contribution in [2.45, 2.75) is 12.5 Å². The molecule has 0 radical (unpaired) electrons. The van der Waals surface area contributed by atoms with E-state index in [-0.39, 0.29) is 6.04 Å². The van der Waals surface area contributed by atoms with Crippen LogP contribution in [0.4, 0.5) is 0 Å². The predicted octanol–water partition coefficient (Wildman–Crippen LogP) is 5.03. The Labute approximate surface area is 142 Å². The summed E-state index contributed by atoms with van der Waals surface area (Å²) in [5, 5.41) is 7.81. The zero-order valence-electron chi connectivity index (χ0n) is 11.2. The second-order valence-electron chi connectivity index (χ2n) is 4.66. The maximum absolute atomic E-state index is 6.40. The van der Waals surface area contributed by atoms with Crippen molar-refractivity contribution in [3.05, 3.63) is 56.2 Å². The minimum absolute atomic E-state index is 0.0826. The van der Waals surface area contributed by atoms with Gasteiger partial charge < -0.3 is 5.32 Å². The fourth-order valence-electron chi connectivity index (χ4n) is 2.23. The van der Waals surface area contributed by atoms with Crippen molar-refractivity contribution >= 4 is 51.5 Å². The number of amidine groups is 1. The molecule has 1 aromatic heterocycles. The number of hydrogen-bond acceptors (Lipinski definition) is 4. The zero-order valence-corrected chi connectivity index (χ0v) is 14.3. The van der Waals surface area contributed by atoms with E-state index >= 15 is 0 Å². The van der Waals surface area contributed by atoms with Gasteiger partial charge in [0.2, 0.25) is 0 Å². The van der Waals surface area contributed by atoms with Crippen molar-refractivity contribution in [2.75, 3.05) is 12.3 Å². The van der Waals surface area contributed by atoms with E-state index in [4.69, 9.17) is 23.2 Å². The summed E-state index contributed by atoms with van der Waals surface area (Å²) in [4.78, 5) is 5.79. The van der Waals surface area contributed by atoms with Crippen molar-refractivity contribution in [3.63, 3.8) is 0 Å². The van der Waals surface area contributed by atoms with E-state index in [1.54, 1.807) is 23.1 Å². The molecule has 2 aromatic rings. The Morgan fingerprint density at radius 3 is 2.86 bits per heavy atom. The van der Waals surface area contributed by atoms with Gasteiger partial charge >= 0.3 is 0 Å². The van der Waals surface area contributed by atoms with Gasteiger partial charge in [-0.05, 0) is 23.1 Å². The Kier molecular flexibility index (Phi) is 5.11. The Balaban J connectivity index is 1.88. The second-order valence-corrected chi connectivity index (χ2v) is 7.56. The van der Waals surface area contributed by atoms with E-state index in [1.165, 1.54) is 4.88 Å². The number of nitrogens with zero attached hydrogens (tertiary/aromatic N) is 1. The van der Waals surface area contributed by atoms with Crippen molar-refractivity contribution < 1.29 is 0 Å². The van der Waals surface area contributed by atoms with Gasteiger partial charge in [0.05, 0.1) is 22.6 Å². The van der Waals surface area contributed by atoms with Crippen LogP contribution in [0.3, 0.4) is 0 Å². The minimum Gasteiger partial charge on any atom is -0.358 e. The fraction of sp³-hybridized carbons (Fsp3) is 0.267. The van der Waals surface area contributed by atoms with Crippen LogP contribution in [0.25, 0.3) is 0 Å². The summed E-state index contributed by atoms with van der Waals surface area (Å²) in [5.74, 6) is 1.04. The van der Waals surface area contributed by atoms with Crippen LogP contribution in [0, 0.1) is 0 Å². The van der Waals surface area contributed by atoms with Crippen LogP contribution in [0.5, 0.6) is 0 Å². The molecule has 1 N–H and O–H groups in total. The molecule has 21 heavy (non-hydrogen) atoms. The lowest BCUT2D eigenvalue weighted by molar-refractivity contribution is 0.654. The lowest BCUT2D eigenvalue weighted by Gasteiger charge is -2.21. The van der Waals surface area contributed by atoms with Crippen molar-refractivity contribution in [2.24, 2.45) is 4.99 Å². The summed E-state index contributed by atoms with van der Waals surface area (Å²) in [6, 6.07) is 10.1. The van der Waals surface area contributed by atoms with E-state index in [0.29, 0.717) is 10.0 Å².